The molecule has 0 saturated heterocycles. The Bertz CT molecular complexity index is 677. The summed E-state index contributed by atoms with van der Waals surface area (Å²) in [6.45, 7) is 2.46. The van der Waals surface area contributed by atoms with Crippen molar-refractivity contribution < 1.29 is 9.59 Å². The molecule has 2 aromatic rings. The molecular weight excluding hydrogens is 296 g/mol. The molecule has 0 saturated carbocycles. The lowest BCUT2D eigenvalue weighted by atomic mass is 10.2. The topological polar surface area (TPSA) is 84.0 Å². The third-order valence-corrected chi connectivity index (χ3v) is 4.89. The first kappa shape index (κ1) is 13.2. The van der Waals surface area contributed by atoms with Crippen LogP contribution >= 0.6 is 22.7 Å². The highest BCUT2D eigenvalue weighted by Crippen LogP contribution is 2.26. The summed E-state index contributed by atoms with van der Waals surface area (Å²) in [6.07, 6.45) is 1.61. The molecule has 6 nitrogen and oxygen atoms in total. The summed E-state index contributed by atoms with van der Waals surface area (Å²) < 4.78 is 0. The van der Waals surface area contributed by atoms with Gasteiger partial charge in [-0.05, 0) is 19.8 Å². The lowest BCUT2D eigenvalue weighted by Crippen LogP contribution is -2.21. The molecule has 0 aliphatic carbocycles. The normalized spacial score (nSPS) is 14.3. The third kappa shape index (κ3) is 2.44. The van der Waals surface area contributed by atoms with Crippen LogP contribution in [0, 0.1) is 6.92 Å². The molecule has 0 spiro atoms. The maximum Gasteiger partial charge on any atom is 0.269 e. The van der Waals surface area contributed by atoms with Gasteiger partial charge in [0.15, 0.2) is 5.13 Å². The maximum atomic E-state index is 12.1. The van der Waals surface area contributed by atoms with Crippen LogP contribution in [0.2, 0.25) is 0 Å². The van der Waals surface area contributed by atoms with Crippen molar-refractivity contribution in [1.82, 2.24) is 15.3 Å². The molecule has 0 aromatic carbocycles. The minimum atomic E-state index is -0.227. The molecule has 0 fully saturated rings. The Hall–Kier alpha value is -1.80. The van der Waals surface area contributed by atoms with Crippen LogP contribution in [0.25, 0.3) is 0 Å². The molecule has 0 bridgehead atoms. The van der Waals surface area contributed by atoms with Crippen LogP contribution in [-0.2, 0) is 6.42 Å². The zero-order chi connectivity index (χ0) is 14.1. The largest absolute Gasteiger partial charge is 0.351 e. The molecule has 0 unspecified atom stereocenters. The lowest BCUT2D eigenvalue weighted by molar-refractivity contribution is 0.0958. The molecule has 2 amide bonds. The smallest absolute Gasteiger partial charge is 0.269 e. The molecule has 2 aromatic heterocycles. The van der Waals surface area contributed by atoms with Gasteiger partial charge in [-0.15, -0.1) is 11.3 Å². The van der Waals surface area contributed by atoms with Gasteiger partial charge in [0, 0.05) is 6.54 Å². The van der Waals surface area contributed by atoms with E-state index >= 15 is 0 Å². The number of carbonyl (C=O) groups excluding carboxylic acids is 2. The number of hydrogen-bond donors (Lipinski definition) is 2. The van der Waals surface area contributed by atoms with Gasteiger partial charge >= 0.3 is 0 Å². The van der Waals surface area contributed by atoms with Crippen LogP contribution < -0.4 is 10.6 Å². The Balaban J connectivity index is 1.82. The van der Waals surface area contributed by atoms with Gasteiger partial charge in [0.25, 0.3) is 11.8 Å². The average Bonchev–Trinajstić information content (AvgIpc) is 2.97. The number of rotatable bonds is 2. The van der Waals surface area contributed by atoms with E-state index in [0.29, 0.717) is 27.1 Å². The molecule has 20 heavy (non-hydrogen) atoms. The van der Waals surface area contributed by atoms with E-state index in [0.717, 1.165) is 18.5 Å². The van der Waals surface area contributed by atoms with Gasteiger partial charge in [0.1, 0.15) is 9.75 Å². The minimum Gasteiger partial charge on any atom is -0.351 e. The molecule has 3 rings (SSSR count). The van der Waals surface area contributed by atoms with Crippen molar-refractivity contribution >= 4 is 39.6 Å². The van der Waals surface area contributed by atoms with Crippen molar-refractivity contribution in [2.75, 3.05) is 11.9 Å². The molecule has 3 heterocycles. The Labute approximate surface area is 123 Å². The van der Waals surface area contributed by atoms with Crippen LogP contribution in [0.3, 0.4) is 0 Å². The van der Waals surface area contributed by atoms with Crippen LogP contribution in [0.5, 0.6) is 0 Å². The SMILES string of the molecule is Cc1ncsc1C(=O)Nc1nc2c(s1)C(=O)NCCC2. The molecular formula is C12H12N4O2S2. The fraction of sp³-hybridized carbons (Fsp3) is 0.333. The fourth-order valence-corrected chi connectivity index (χ4v) is 3.58. The number of anilines is 1. The summed E-state index contributed by atoms with van der Waals surface area (Å²) in [6, 6.07) is 0. The highest BCUT2D eigenvalue weighted by atomic mass is 32.1. The van der Waals surface area contributed by atoms with E-state index < -0.39 is 0 Å². The number of thiazole rings is 2. The van der Waals surface area contributed by atoms with Crippen molar-refractivity contribution in [2.45, 2.75) is 19.8 Å². The number of aryl methyl sites for hydroxylation is 2. The Morgan fingerprint density at radius 3 is 3.10 bits per heavy atom. The second-order valence-electron chi connectivity index (χ2n) is 4.38. The summed E-state index contributed by atoms with van der Waals surface area (Å²) in [4.78, 5) is 33.5. The van der Waals surface area contributed by atoms with Gasteiger partial charge in [0.05, 0.1) is 16.9 Å². The van der Waals surface area contributed by atoms with E-state index in [9.17, 15) is 9.59 Å². The summed E-state index contributed by atoms with van der Waals surface area (Å²) in [5.74, 6) is -0.334. The Morgan fingerprint density at radius 2 is 2.35 bits per heavy atom. The molecule has 1 aliphatic heterocycles. The zero-order valence-electron chi connectivity index (χ0n) is 10.7. The van der Waals surface area contributed by atoms with Gasteiger partial charge in [0.2, 0.25) is 0 Å². The van der Waals surface area contributed by atoms with Gasteiger partial charge < -0.3 is 5.32 Å². The number of nitrogens with zero attached hydrogens (tertiary/aromatic N) is 2. The van der Waals surface area contributed by atoms with Gasteiger partial charge in [-0.3, -0.25) is 14.9 Å². The van der Waals surface area contributed by atoms with E-state index in [1.54, 1.807) is 12.4 Å². The second-order valence-corrected chi connectivity index (χ2v) is 6.23. The van der Waals surface area contributed by atoms with Crippen LogP contribution in [0.15, 0.2) is 5.51 Å². The number of amides is 2. The van der Waals surface area contributed by atoms with Crippen molar-refractivity contribution in [1.29, 1.82) is 0 Å². The zero-order valence-corrected chi connectivity index (χ0v) is 12.4. The number of aromatic nitrogens is 2. The Kier molecular flexibility index (Phi) is 3.49. The summed E-state index contributed by atoms with van der Waals surface area (Å²) in [7, 11) is 0. The molecule has 0 radical (unpaired) electrons. The van der Waals surface area contributed by atoms with Crippen molar-refractivity contribution in [2.24, 2.45) is 0 Å². The number of carbonyl (C=O) groups is 2. The van der Waals surface area contributed by atoms with E-state index in [2.05, 4.69) is 20.6 Å². The van der Waals surface area contributed by atoms with Crippen molar-refractivity contribution in [3.63, 3.8) is 0 Å². The van der Waals surface area contributed by atoms with Crippen molar-refractivity contribution in [3.8, 4) is 0 Å². The molecule has 104 valence electrons. The first-order valence-electron chi connectivity index (χ1n) is 6.14. The highest BCUT2D eigenvalue weighted by molar-refractivity contribution is 7.18. The molecule has 1 aliphatic rings. The summed E-state index contributed by atoms with van der Waals surface area (Å²) in [5, 5.41) is 6.02. The lowest BCUT2D eigenvalue weighted by Gasteiger charge is -2.00. The second kappa shape index (κ2) is 5.29. The van der Waals surface area contributed by atoms with E-state index in [1.807, 2.05) is 0 Å². The molecule has 0 atom stereocenters. The van der Waals surface area contributed by atoms with Crippen molar-refractivity contribution in [3.05, 3.63) is 26.7 Å². The molecule has 8 heteroatoms. The number of hydrogen-bond acceptors (Lipinski definition) is 6. The van der Waals surface area contributed by atoms with Gasteiger partial charge in [-0.1, -0.05) is 11.3 Å². The third-order valence-electron chi connectivity index (χ3n) is 2.95. The fourth-order valence-electron chi connectivity index (χ4n) is 1.96. The maximum absolute atomic E-state index is 12.1. The number of fused-ring (bicyclic) bond motifs is 1. The van der Waals surface area contributed by atoms with E-state index in [-0.39, 0.29) is 11.8 Å². The van der Waals surface area contributed by atoms with E-state index in [1.165, 1.54) is 22.7 Å². The van der Waals surface area contributed by atoms with E-state index in [4.69, 9.17) is 0 Å². The van der Waals surface area contributed by atoms with Crippen LogP contribution in [-0.4, -0.2) is 28.3 Å². The van der Waals surface area contributed by atoms with Crippen LogP contribution in [0.4, 0.5) is 5.13 Å². The standard InChI is InChI=1S/C12H12N4O2S2/c1-6-8(19-5-14-6)11(18)16-12-15-7-3-2-4-13-10(17)9(7)20-12/h5H,2-4H2,1H3,(H,13,17)(H,15,16,18). The monoisotopic (exact) mass is 308 g/mol. The predicted molar refractivity (Wildman–Crippen MR) is 77.6 cm³/mol. The first-order valence-corrected chi connectivity index (χ1v) is 7.84. The summed E-state index contributed by atoms with van der Waals surface area (Å²) in [5.41, 5.74) is 3.10. The minimum absolute atomic E-state index is 0.107. The Morgan fingerprint density at radius 1 is 1.50 bits per heavy atom. The molecule has 2 N–H and O–H groups in total. The highest BCUT2D eigenvalue weighted by Gasteiger charge is 2.22. The average molecular weight is 308 g/mol. The van der Waals surface area contributed by atoms with Crippen LogP contribution in [0.1, 0.15) is 37.2 Å². The summed E-state index contributed by atoms with van der Waals surface area (Å²) >= 11 is 2.51. The van der Waals surface area contributed by atoms with Gasteiger partial charge in [-0.2, -0.15) is 0 Å². The quantitative estimate of drug-likeness (QED) is 0.886. The van der Waals surface area contributed by atoms with Gasteiger partial charge in [-0.25, -0.2) is 9.97 Å². The predicted octanol–water partition coefficient (Wildman–Crippen LogP) is 1.84. The number of nitrogens with one attached hydrogen (secondary N) is 2. The first-order chi connectivity index (χ1) is 9.65.